The highest BCUT2D eigenvalue weighted by atomic mass is 32.1. The highest BCUT2D eigenvalue weighted by Crippen LogP contribution is 2.26. The number of rotatable bonds is 5. The third-order valence-corrected chi connectivity index (χ3v) is 4.44. The van der Waals surface area contributed by atoms with Gasteiger partial charge in [-0.05, 0) is 23.6 Å². The molecule has 1 saturated heterocycles. The van der Waals surface area contributed by atoms with Gasteiger partial charge in [-0.25, -0.2) is 0 Å². The monoisotopic (exact) mass is 319 g/mol. The van der Waals surface area contributed by atoms with Crippen LogP contribution in [0.5, 0.6) is 0 Å². The molecule has 2 aromatic rings. The summed E-state index contributed by atoms with van der Waals surface area (Å²) >= 11 is 1.53. The molecule has 0 spiro atoms. The number of hydrogen-bond acceptors (Lipinski definition) is 5. The van der Waals surface area contributed by atoms with Gasteiger partial charge >= 0.3 is 0 Å². The van der Waals surface area contributed by atoms with E-state index in [1.54, 1.807) is 12.3 Å². The molecular weight excluding hydrogens is 302 g/mol. The van der Waals surface area contributed by atoms with Gasteiger partial charge in [0.2, 0.25) is 11.8 Å². The minimum Gasteiger partial charge on any atom is -0.467 e. The van der Waals surface area contributed by atoms with Crippen LogP contribution in [-0.4, -0.2) is 36.3 Å². The fourth-order valence-electron chi connectivity index (χ4n) is 2.48. The molecule has 7 heteroatoms. The van der Waals surface area contributed by atoms with Crippen molar-refractivity contribution in [2.45, 2.75) is 12.6 Å². The molecule has 0 saturated carbocycles. The average molecular weight is 319 g/mol. The fraction of sp³-hybridized carbons (Fsp3) is 0.333. The van der Waals surface area contributed by atoms with Crippen molar-refractivity contribution in [2.75, 3.05) is 19.6 Å². The van der Waals surface area contributed by atoms with Gasteiger partial charge in [-0.15, -0.1) is 11.3 Å². The Labute approximate surface area is 132 Å². The molecule has 0 bridgehead atoms. The van der Waals surface area contributed by atoms with Crippen molar-refractivity contribution in [3.63, 3.8) is 0 Å². The topological polar surface area (TPSA) is 74.6 Å². The molecule has 0 aromatic carbocycles. The third kappa shape index (κ3) is 3.37. The number of thiophene rings is 1. The summed E-state index contributed by atoms with van der Waals surface area (Å²) in [5, 5.41) is 7.60. The van der Waals surface area contributed by atoms with Gasteiger partial charge in [0.05, 0.1) is 19.4 Å². The minimum atomic E-state index is -0.386. The van der Waals surface area contributed by atoms with Crippen LogP contribution in [0.15, 0.2) is 40.3 Å². The second-order valence-electron chi connectivity index (χ2n) is 5.04. The SMILES string of the molecule is O=C(CN1CCNC(=O)[C@H]1c1cccs1)NCc1ccco1. The number of hydrogen-bond donors (Lipinski definition) is 2. The fourth-order valence-corrected chi connectivity index (χ4v) is 3.34. The smallest absolute Gasteiger partial charge is 0.242 e. The van der Waals surface area contributed by atoms with E-state index in [0.29, 0.717) is 25.4 Å². The van der Waals surface area contributed by atoms with Gasteiger partial charge in [0, 0.05) is 18.0 Å². The highest BCUT2D eigenvalue weighted by molar-refractivity contribution is 7.10. The van der Waals surface area contributed by atoms with Crippen LogP contribution in [0, 0.1) is 0 Å². The molecule has 1 atom stereocenters. The summed E-state index contributed by atoms with van der Waals surface area (Å²) in [6.07, 6.45) is 1.57. The Morgan fingerprint density at radius 3 is 3.09 bits per heavy atom. The number of amides is 2. The maximum absolute atomic E-state index is 12.1. The Kier molecular flexibility index (Phi) is 4.55. The Bertz CT molecular complexity index is 625. The zero-order chi connectivity index (χ0) is 15.4. The number of piperazine rings is 1. The molecule has 1 fully saturated rings. The molecule has 0 radical (unpaired) electrons. The highest BCUT2D eigenvalue weighted by Gasteiger charge is 2.32. The Morgan fingerprint density at radius 1 is 1.45 bits per heavy atom. The van der Waals surface area contributed by atoms with Gasteiger partial charge in [0.1, 0.15) is 11.8 Å². The zero-order valence-electron chi connectivity index (χ0n) is 12.0. The van der Waals surface area contributed by atoms with E-state index < -0.39 is 0 Å². The van der Waals surface area contributed by atoms with E-state index in [2.05, 4.69) is 10.6 Å². The number of carbonyl (C=O) groups is 2. The summed E-state index contributed by atoms with van der Waals surface area (Å²) in [6.45, 7) is 1.76. The van der Waals surface area contributed by atoms with Crippen LogP contribution in [0.3, 0.4) is 0 Å². The summed E-state index contributed by atoms with van der Waals surface area (Å²) in [4.78, 5) is 27.1. The molecule has 6 nitrogen and oxygen atoms in total. The number of carbonyl (C=O) groups excluding carboxylic acids is 2. The number of furan rings is 1. The van der Waals surface area contributed by atoms with Gasteiger partial charge in [0.25, 0.3) is 0 Å². The van der Waals surface area contributed by atoms with Gasteiger partial charge < -0.3 is 15.1 Å². The summed E-state index contributed by atoms with van der Waals surface area (Å²) in [5.74, 6) is 0.541. The lowest BCUT2D eigenvalue weighted by molar-refractivity contribution is -0.131. The van der Waals surface area contributed by atoms with E-state index in [9.17, 15) is 9.59 Å². The van der Waals surface area contributed by atoms with Gasteiger partial charge in [-0.3, -0.25) is 14.5 Å². The van der Waals surface area contributed by atoms with Crippen LogP contribution in [0.4, 0.5) is 0 Å². The number of nitrogens with zero attached hydrogens (tertiary/aromatic N) is 1. The maximum atomic E-state index is 12.1. The van der Waals surface area contributed by atoms with Crippen LogP contribution in [0.25, 0.3) is 0 Å². The zero-order valence-corrected chi connectivity index (χ0v) is 12.8. The molecule has 1 aliphatic rings. The standard InChI is InChI=1S/C15H17N3O3S/c19-13(17-9-11-3-1-7-21-11)10-18-6-5-16-15(20)14(18)12-4-2-8-22-12/h1-4,7-8,14H,5-6,9-10H2,(H,16,20)(H,17,19)/t14-/m1/s1. The van der Waals surface area contributed by atoms with Crippen molar-refractivity contribution in [1.29, 1.82) is 0 Å². The molecule has 0 aliphatic carbocycles. The predicted octanol–water partition coefficient (Wildman–Crippen LogP) is 1.13. The lowest BCUT2D eigenvalue weighted by Gasteiger charge is -2.33. The second kappa shape index (κ2) is 6.76. The average Bonchev–Trinajstić information content (AvgIpc) is 3.19. The predicted molar refractivity (Wildman–Crippen MR) is 82.2 cm³/mol. The molecule has 2 N–H and O–H groups in total. The minimum absolute atomic E-state index is 0.0486. The quantitative estimate of drug-likeness (QED) is 0.866. The molecule has 3 heterocycles. The van der Waals surface area contributed by atoms with E-state index in [-0.39, 0.29) is 24.4 Å². The summed E-state index contributed by atoms with van der Waals surface area (Å²) in [5.41, 5.74) is 0. The van der Waals surface area contributed by atoms with Crippen LogP contribution in [0.2, 0.25) is 0 Å². The molecule has 3 rings (SSSR count). The largest absolute Gasteiger partial charge is 0.467 e. The van der Waals surface area contributed by atoms with Gasteiger partial charge in [-0.2, -0.15) is 0 Å². The third-order valence-electron chi connectivity index (χ3n) is 3.51. The lowest BCUT2D eigenvalue weighted by Crippen LogP contribution is -2.52. The Balaban J connectivity index is 1.61. The van der Waals surface area contributed by atoms with Crippen molar-refractivity contribution in [1.82, 2.24) is 15.5 Å². The molecular formula is C15H17N3O3S. The Morgan fingerprint density at radius 2 is 2.36 bits per heavy atom. The summed E-state index contributed by atoms with van der Waals surface area (Å²) in [6, 6.07) is 7.04. The first-order chi connectivity index (χ1) is 10.7. The first kappa shape index (κ1) is 14.8. The number of nitrogens with one attached hydrogen (secondary N) is 2. The summed E-state index contributed by atoms with van der Waals surface area (Å²) < 4.78 is 5.18. The van der Waals surface area contributed by atoms with Crippen LogP contribution in [0.1, 0.15) is 16.7 Å². The molecule has 22 heavy (non-hydrogen) atoms. The molecule has 116 valence electrons. The van der Waals surface area contributed by atoms with Crippen molar-refractivity contribution in [3.8, 4) is 0 Å². The summed E-state index contributed by atoms with van der Waals surface area (Å²) in [7, 11) is 0. The first-order valence-electron chi connectivity index (χ1n) is 7.08. The van der Waals surface area contributed by atoms with Crippen molar-refractivity contribution in [2.24, 2.45) is 0 Å². The van der Waals surface area contributed by atoms with E-state index >= 15 is 0 Å². The Hall–Kier alpha value is -2.12. The maximum Gasteiger partial charge on any atom is 0.242 e. The van der Waals surface area contributed by atoms with Crippen LogP contribution >= 0.6 is 11.3 Å². The molecule has 1 aliphatic heterocycles. The van der Waals surface area contributed by atoms with Crippen molar-refractivity contribution in [3.05, 3.63) is 46.5 Å². The van der Waals surface area contributed by atoms with E-state index in [1.807, 2.05) is 28.5 Å². The normalized spacial score (nSPS) is 18.9. The first-order valence-corrected chi connectivity index (χ1v) is 7.96. The van der Waals surface area contributed by atoms with Gasteiger partial charge in [-0.1, -0.05) is 6.07 Å². The molecule has 0 unspecified atom stereocenters. The molecule has 2 amide bonds. The molecule has 2 aromatic heterocycles. The van der Waals surface area contributed by atoms with Crippen molar-refractivity contribution < 1.29 is 14.0 Å². The lowest BCUT2D eigenvalue weighted by atomic mass is 10.1. The van der Waals surface area contributed by atoms with E-state index in [0.717, 1.165) is 4.88 Å². The van der Waals surface area contributed by atoms with Crippen molar-refractivity contribution >= 4 is 23.2 Å². The van der Waals surface area contributed by atoms with Gasteiger partial charge in [0.15, 0.2) is 0 Å². The second-order valence-corrected chi connectivity index (χ2v) is 6.01. The van der Waals surface area contributed by atoms with Crippen LogP contribution < -0.4 is 10.6 Å². The van der Waals surface area contributed by atoms with Crippen LogP contribution in [-0.2, 0) is 16.1 Å². The van der Waals surface area contributed by atoms with E-state index in [4.69, 9.17) is 4.42 Å². The van der Waals surface area contributed by atoms with E-state index in [1.165, 1.54) is 11.3 Å².